The van der Waals surface area contributed by atoms with Crippen LogP contribution >= 0.6 is 0 Å². The van der Waals surface area contributed by atoms with E-state index >= 15 is 0 Å². The Kier molecular flexibility index (Phi) is 5.69. The van der Waals surface area contributed by atoms with Crippen molar-refractivity contribution in [2.75, 3.05) is 19.6 Å². The average molecular weight is 394 g/mol. The molecule has 4 fully saturated rings. The molecule has 0 amide bonds. The molecule has 29 heavy (non-hydrogen) atoms. The summed E-state index contributed by atoms with van der Waals surface area (Å²) in [5.74, 6) is 2.16. The molecule has 5 heteroatoms. The smallest absolute Gasteiger partial charge is 0.0658 e. The van der Waals surface area contributed by atoms with Gasteiger partial charge in [0.25, 0.3) is 0 Å². The molecule has 6 rings (SSSR count). The van der Waals surface area contributed by atoms with Crippen molar-refractivity contribution >= 4 is 0 Å². The molecular formula is C24H35N5. The molecule has 4 aliphatic rings. The van der Waals surface area contributed by atoms with E-state index in [1.54, 1.807) is 0 Å². The Balaban J connectivity index is 1.21. The van der Waals surface area contributed by atoms with Gasteiger partial charge in [-0.25, -0.2) is 0 Å². The summed E-state index contributed by atoms with van der Waals surface area (Å²) in [7, 11) is 2.17. The van der Waals surface area contributed by atoms with Gasteiger partial charge in [0.05, 0.1) is 11.4 Å². The van der Waals surface area contributed by atoms with Crippen LogP contribution < -0.4 is 5.32 Å². The number of pyridine rings is 1. The second-order valence-electron chi connectivity index (χ2n) is 9.44. The third-order valence-electron chi connectivity index (χ3n) is 7.63. The molecule has 2 aromatic rings. The van der Waals surface area contributed by atoms with Gasteiger partial charge in [0, 0.05) is 56.5 Å². The highest BCUT2D eigenvalue weighted by Crippen LogP contribution is 2.42. The zero-order valence-corrected chi connectivity index (χ0v) is 17.8. The highest BCUT2D eigenvalue weighted by Gasteiger charge is 2.41. The fraction of sp³-hybridized carbons (Fsp3) is 0.667. The van der Waals surface area contributed by atoms with Gasteiger partial charge in [0.1, 0.15) is 0 Å². The molecule has 1 aliphatic carbocycles. The molecule has 3 aliphatic heterocycles. The first-order chi connectivity index (χ1) is 14.3. The van der Waals surface area contributed by atoms with E-state index in [2.05, 4.69) is 45.1 Å². The predicted molar refractivity (Wildman–Crippen MR) is 116 cm³/mol. The zero-order valence-electron chi connectivity index (χ0n) is 17.8. The Morgan fingerprint density at radius 3 is 2.79 bits per heavy atom. The second kappa shape index (κ2) is 8.57. The lowest BCUT2D eigenvalue weighted by Gasteiger charge is -2.50. The van der Waals surface area contributed by atoms with E-state index < -0.39 is 0 Å². The van der Waals surface area contributed by atoms with Crippen molar-refractivity contribution in [1.29, 1.82) is 0 Å². The van der Waals surface area contributed by atoms with Crippen LogP contribution in [0.1, 0.15) is 73.9 Å². The summed E-state index contributed by atoms with van der Waals surface area (Å²) >= 11 is 0. The SMILES string of the molecule is Cn1nc(C2CCCCC2)cc1[C@H]1CN2CC[C@H]1C[C@@H]2CNCc1ccccn1. The number of fused-ring (bicyclic) bond motifs is 3. The number of nitrogens with zero attached hydrogens (tertiary/aromatic N) is 4. The minimum absolute atomic E-state index is 0.658. The fourth-order valence-corrected chi connectivity index (χ4v) is 6.00. The van der Waals surface area contributed by atoms with Crippen LogP contribution in [0.5, 0.6) is 0 Å². The third-order valence-corrected chi connectivity index (χ3v) is 7.63. The van der Waals surface area contributed by atoms with E-state index in [-0.39, 0.29) is 0 Å². The van der Waals surface area contributed by atoms with Crippen molar-refractivity contribution in [2.24, 2.45) is 13.0 Å². The number of piperidine rings is 3. The van der Waals surface area contributed by atoms with Crippen LogP contribution in [0.2, 0.25) is 0 Å². The maximum absolute atomic E-state index is 4.97. The maximum Gasteiger partial charge on any atom is 0.0658 e. The first-order valence-electron chi connectivity index (χ1n) is 11.7. The van der Waals surface area contributed by atoms with Crippen LogP contribution in [0.3, 0.4) is 0 Å². The molecule has 2 bridgehead atoms. The summed E-state index contributed by atoms with van der Waals surface area (Å²) in [5.41, 5.74) is 3.99. The van der Waals surface area contributed by atoms with Crippen LogP contribution in [0.4, 0.5) is 0 Å². The second-order valence-corrected chi connectivity index (χ2v) is 9.44. The van der Waals surface area contributed by atoms with Gasteiger partial charge >= 0.3 is 0 Å². The summed E-state index contributed by atoms with van der Waals surface area (Å²) in [5, 5.41) is 8.62. The van der Waals surface area contributed by atoms with Gasteiger partial charge in [-0.05, 0) is 56.3 Å². The van der Waals surface area contributed by atoms with Crippen molar-refractivity contribution in [3.8, 4) is 0 Å². The Labute approximate surface area is 174 Å². The van der Waals surface area contributed by atoms with Gasteiger partial charge in [-0.3, -0.25) is 14.6 Å². The molecule has 3 saturated heterocycles. The van der Waals surface area contributed by atoms with Crippen molar-refractivity contribution in [1.82, 2.24) is 25.0 Å². The number of hydrogen-bond donors (Lipinski definition) is 1. The first kappa shape index (κ1) is 19.3. The van der Waals surface area contributed by atoms with Crippen molar-refractivity contribution < 1.29 is 0 Å². The van der Waals surface area contributed by atoms with E-state index in [0.717, 1.165) is 24.7 Å². The summed E-state index contributed by atoms with van der Waals surface area (Å²) in [6, 6.07) is 9.28. The summed E-state index contributed by atoms with van der Waals surface area (Å²) < 4.78 is 2.21. The minimum atomic E-state index is 0.658. The standard InChI is InChI=1S/C24H35N5/c1-28-24(14-23(27-28)18-7-3-2-4-8-18)22-17-29-12-10-19(22)13-21(29)16-25-15-20-9-5-6-11-26-20/h5-6,9,11,14,18-19,21-22,25H,2-4,7-8,10,12-13,15-17H2,1H3/t19-,21+,22-/m0/s1. The zero-order chi connectivity index (χ0) is 19.6. The van der Waals surface area contributed by atoms with Crippen LogP contribution in [0.25, 0.3) is 0 Å². The lowest BCUT2D eigenvalue weighted by molar-refractivity contribution is 0.0281. The van der Waals surface area contributed by atoms with Gasteiger partial charge < -0.3 is 5.32 Å². The number of hydrogen-bond acceptors (Lipinski definition) is 4. The molecule has 1 N–H and O–H groups in total. The molecule has 4 atom stereocenters. The topological polar surface area (TPSA) is 46.0 Å². The number of rotatable bonds is 6. The number of aryl methyl sites for hydroxylation is 1. The Hall–Kier alpha value is -1.72. The molecule has 1 unspecified atom stereocenters. The van der Waals surface area contributed by atoms with E-state index in [1.165, 1.54) is 69.4 Å². The largest absolute Gasteiger partial charge is 0.310 e. The summed E-state index contributed by atoms with van der Waals surface area (Å²) in [4.78, 5) is 7.15. The van der Waals surface area contributed by atoms with E-state index in [4.69, 9.17) is 5.10 Å². The van der Waals surface area contributed by atoms with Gasteiger partial charge in [-0.15, -0.1) is 0 Å². The highest BCUT2D eigenvalue weighted by atomic mass is 15.3. The van der Waals surface area contributed by atoms with Gasteiger partial charge in [-0.2, -0.15) is 5.10 Å². The normalized spacial score (nSPS) is 30.0. The monoisotopic (exact) mass is 393 g/mol. The Morgan fingerprint density at radius 1 is 1.14 bits per heavy atom. The lowest BCUT2D eigenvalue weighted by Crippen LogP contribution is -2.55. The van der Waals surface area contributed by atoms with Crippen LogP contribution in [-0.2, 0) is 13.6 Å². The molecule has 1 saturated carbocycles. The molecule has 5 heterocycles. The Bertz CT molecular complexity index is 795. The summed E-state index contributed by atoms with van der Waals surface area (Å²) in [6.07, 6.45) is 11.4. The third kappa shape index (κ3) is 4.13. The first-order valence-corrected chi connectivity index (χ1v) is 11.7. The molecule has 0 spiro atoms. The van der Waals surface area contributed by atoms with Gasteiger partial charge in [0.15, 0.2) is 0 Å². The van der Waals surface area contributed by atoms with E-state index in [0.29, 0.717) is 17.9 Å². The van der Waals surface area contributed by atoms with Crippen molar-refractivity contribution in [3.05, 3.63) is 47.5 Å². The van der Waals surface area contributed by atoms with Crippen LogP contribution in [-0.4, -0.2) is 45.3 Å². The molecule has 0 radical (unpaired) electrons. The molecule has 5 nitrogen and oxygen atoms in total. The van der Waals surface area contributed by atoms with Crippen LogP contribution in [0.15, 0.2) is 30.5 Å². The van der Waals surface area contributed by atoms with Crippen molar-refractivity contribution in [2.45, 2.75) is 69.4 Å². The van der Waals surface area contributed by atoms with E-state index in [1.807, 2.05) is 12.3 Å². The Morgan fingerprint density at radius 2 is 2.03 bits per heavy atom. The van der Waals surface area contributed by atoms with Crippen molar-refractivity contribution in [3.63, 3.8) is 0 Å². The van der Waals surface area contributed by atoms with Gasteiger partial charge in [0.2, 0.25) is 0 Å². The average Bonchev–Trinajstić information content (AvgIpc) is 3.17. The van der Waals surface area contributed by atoms with Gasteiger partial charge in [-0.1, -0.05) is 25.3 Å². The number of aromatic nitrogens is 3. The molecule has 156 valence electrons. The number of nitrogens with one attached hydrogen (secondary N) is 1. The molecule has 0 aromatic carbocycles. The maximum atomic E-state index is 4.97. The minimum Gasteiger partial charge on any atom is -0.310 e. The lowest BCUT2D eigenvalue weighted by atomic mass is 9.74. The van der Waals surface area contributed by atoms with Crippen LogP contribution in [0, 0.1) is 5.92 Å². The quantitative estimate of drug-likeness (QED) is 0.810. The molecular weight excluding hydrogens is 358 g/mol. The fourth-order valence-electron chi connectivity index (χ4n) is 6.00. The highest BCUT2D eigenvalue weighted by molar-refractivity contribution is 5.21. The summed E-state index contributed by atoms with van der Waals surface area (Å²) in [6.45, 7) is 4.39. The van der Waals surface area contributed by atoms with E-state index in [9.17, 15) is 0 Å². The molecule has 2 aromatic heterocycles. The predicted octanol–water partition coefficient (Wildman–Crippen LogP) is 3.83.